The number of thiophene rings is 1. The molecule has 0 amide bonds. The molecule has 2 N–H and O–H groups in total. The zero-order valence-electron chi connectivity index (χ0n) is 16.4. The van der Waals surface area contributed by atoms with Crippen molar-refractivity contribution in [1.82, 2.24) is 14.9 Å². The Hall–Kier alpha value is -3.00. The molecule has 0 atom stereocenters. The lowest BCUT2D eigenvalue weighted by atomic mass is 10.1. The van der Waals surface area contributed by atoms with E-state index < -0.39 is 0 Å². The van der Waals surface area contributed by atoms with E-state index >= 15 is 0 Å². The Balaban J connectivity index is 1.43. The third-order valence-corrected chi connectivity index (χ3v) is 6.32. The van der Waals surface area contributed by atoms with Crippen LogP contribution in [-0.4, -0.2) is 46.3 Å². The number of rotatable bonds is 5. The van der Waals surface area contributed by atoms with Gasteiger partial charge in [-0.25, -0.2) is 9.97 Å². The van der Waals surface area contributed by atoms with Crippen molar-refractivity contribution in [3.8, 4) is 16.2 Å². The van der Waals surface area contributed by atoms with Crippen molar-refractivity contribution in [2.45, 2.75) is 6.54 Å². The quantitative estimate of drug-likeness (QED) is 0.492. The number of nitrogens with zero attached hydrogens (tertiary/aromatic N) is 3. The largest absolute Gasteiger partial charge is 0.508 e. The molecule has 30 heavy (non-hydrogen) atoms. The summed E-state index contributed by atoms with van der Waals surface area (Å²) < 4.78 is 6.45. The molecule has 0 unspecified atom stereocenters. The number of benzene rings is 2. The standard InChI is InChI=1S/C23H22N4O2S/c28-19-6-2-5-18(12-19)26-23-22-20(24-15-25-23)13-21(30-22)17-4-1-3-16(11-17)14-27-7-9-29-10-8-27/h1-6,11-13,15,28H,7-10,14H2,(H,24,25,26). The first-order chi connectivity index (χ1) is 14.7. The lowest BCUT2D eigenvalue weighted by Gasteiger charge is -2.26. The van der Waals surface area contributed by atoms with Gasteiger partial charge in [-0.3, -0.25) is 4.90 Å². The van der Waals surface area contributed by atoms with Crippen LogP contribution in [0, 0.1) is 0 Å². The monoisotopic (exact) mass is 418 g/mol. The maximum atomic E-state index is 9.72. The van der Waals surface area contributed by atoms with Gasteiger partial charge in [-0.1, -0.05) is 24.3 Å². The normalized spacial score (nSPS) is 14.8. The van der Waals surface area contributed by atoms with E-state index in [0.717, 1.165) is 59.4 Å². The summed E-state index contributed by atoms with van der Waals surface area (Å²) >= 11 is 1.67. The van der Waals surface area contributed by atoms with Crippen LogP contribution in [0.2, 0.25) is 0 Å². The van der Waals surface area contributed by atoms with E-state index in [4.69, 9.17) is 4.74 Å². The number of fused-ring (bicyclic) bond motifs is 1. The van der Waals surface area contributed by atoms with Gasteiger partial charge in [0.25, 0.3) is 0 Å². The van der Waals surface area contributed by atoms with E-state index in [1.165, 1.54) is 11.1 Å². The van der Waals surface area contributed by atoms with Crippen LogP contribution in [0.15, 0.2) is 60.9 Å². The number of morpholine rings is 1. The van der Waals surface area contributed by atoms with Crippen LogP contribution in [0.25, 0.3) is 20.7 Å². The summed E-state index contributed by atoms with van der Waals surface area (Å²) in [5, 5.41) is 13.0. The van der Waals surface area contributed by atoms with Gasteiger partial charge in [0.15, 0.2) is 5.82 Å². The first kappa shape index (κ1) is 19.0. The molecule has 7 heteroatoms. The second kappa shape index (κ2) is 8.39. The van der Waals surface area contributed by atoms with Gasteiger partial charge < -0.3 is 15.2 Å². The number of anilines is 2. The third-order valence-electron chi connectivity index (χ3n) is 5.14. The zero-order chi connectivity index (χ0) is 20.3. The zero-order valence-corrected chi connectivity index (χ0v) is 17.2. The Morgan fingerprint density at radius 1 is 1.03 bits per heavy atom. The highest BCUT2D eigenvalue weighted by atomic mass is 32.1. The molecule has 0 saturated carbocycles. The molecule has 6 nitrogen and oxygen atoms in total. The van der Waals surface area contributed by atoms with Crippen molar-refractivity contribution >= 4 is 33.1 Å². The minimum atomic E-state index is 0.217. The average molecular weight is 419 g/mol. The molecule has 5 rings (SSSR count). The average Bonchev–Trinajstić information content (AvgIpc) is 3.20. The van der Waals surface area contributed by atoms with E-state index in [0.29, 0.717) is 0 Å². The van der Waals surface area contributed by atoms with Gasteiger partial charge in [-0.2, -0.15) is 0 Å². The molecule has 1 fully saturated rings. The lowest BCUT2D eigenvalue weighted by Crippen LogP contribution is -2.35. The summed E-state index contributed by atoms with van der Waals surface area (Å²) in [7, 11) is 0. The van der Waals surface area contributed by atoms with Gasteiger partial charge >= 0.3 is 0 Å². The van der Waals surface area contributed by atoms with Crippen LogP contribution in [0.3, 0.4) is 0 Å². The first-order valence-corrected chi connectivity index (χ1v) is 10.8. The SMILES string of the molecule is Oc1cccc(Nc2ncnc3cc(-c4cccc(CN5CCOCC5)c4)sc23)c1. The van der Waals surface area contributed by atoms with Crippen molar-refractivity contribution in [2.24, 2.45) is 0 Å². The molecule has 0 bridgehead atoms. The van der Waals surface area contributed by atoms with Crippen molar-refractivity contribution < 1.29 is 9.84 Å². The van der Waals surface area contributed by atoms with Crippen LogP contribution in [-0.2, 0) is 11.3 Å². The molecule has 0 aliphatic carbocycles. The fourth-order valence-corrected chi connectivity index (χ4v) is 4.70. The lowest BCUT2D eigenvalue weighted by molar-refractivity contribution is 0.0342. The maximum Gasteiger partial charge on any atom is 0.151 e. The molecule has 0 radical (unpaired) electrons. The molecule has 2 aromatic carbocycles. The Morgan fingerprint density at radius 2 is 1.90 bits per heavy atom. The Labute approximate surface area is 178 Å². The molecular formula is C23H22N4O2S. The Morgan fingerprint density at radius 3 is 2.77 bits per heavy atom. The van der Waals surface area contributed by atoms with Gasteiger partial charge in [-0.05, 0) is 35.4 Å². The van der Waals surface area contributed by atoms with E-state index in [9.17, 15) is 5.11 Å². The molecule has 1 saturated heterocycles. The number of hydrogen-bond donors (Lipinski definition) is 2. The summed E-state index contributed by atoms with van der Waals surface area (Å²) in [6.07, 6.45) is 1.57. The fraction of sp³-hybridized carbons (Fsp3) is 0.217. The highest BCUT2D eigenvalue weighted by molar-refractivity contribution is 7.22. The molecular weight excluding hydrogens is 396 g/mol. The number of phenols is 1. The first-order valence-electron chi connectivity index (χ1n) is 9.95. The van der Waals surface area contributed by atoms with E-state index in [1.54, 1.807) is 35.9 Å². The van der Waals surface area contributed by atoms with E-state index in [-0.39, 0.29) is 5.75 Å². The van der Waals surface area contributed by atoms with Gasteiger partial charge in [0.1, 0.15) is 12.1 Å². The van der Waals surface area contributed by atoms with Gasteiger partial charge in [0, 0.05) is 36.3 Å². The smallest absolute Gasteiger partial charge is 0.151 e. The highest BCUT2D eigenvalue weighted by Gasteiger charge is 2.13. The second-order valence-electron chi connectivity index (χ2n) is 7.31. The number of aromatic hydroxyl groups is 1. The van der Waals surface area contributed by atoms with E-state index in [2.05, 4.69) is 50.5 Å². The van der Waals surface area contributed by atoms with Crippen LogP contribution < -0.4 is 5.32 Å². The number of phenolic OH excluding ortho intramolecular Hbond substituents is 1. The Bertz CT molecular complexity index is 1170. The minimum Gasteiger partial charge on any atom is -0.508 e. The topological polar surface area (TPSA) is 70.5 Å². The maximum absolute atomic E-state index is 9.72. The number of nitrogens with one attached hydrogen (secondary N) is 1. The highest BCUT2D eigenvalue weighted by Crippen LogP contribution is 2.37. The Kier molecular flexibility index (Phi) is 5.31. The summed E-state index contributed by atoms with van der Waals surface area (Å²) in [6.45, 7) is 4.51. The fourth-order valence-electron chi connectivity index (χ4n) is 3.65. The molecule has 4 aromatic rings. The molecule has 1 aliphatic rings. The van der Waals surface area contributed by atoms with Crippen molar-refractivity contribution in [1.29, 1.82) is 0 Å². The second-order valence-corrected chi connectivity index (χ2v) is 8.36. The van der Waals surface area contributed by atoms with Crippen molar-refractivity contribution in [3.63, 3.8) is 0 Å². The summed E-state index contributed by atoms with van der Waals surface area (Å²) in [6, 6.07) is 17.8. The van der Waals surface area contributed by atoms with E-state index in [1.807, 2.05) is 6.07 Å². The van der Waals surface area contributed by atoms with Gasteiger partial charge in [0.05, 0.1) is 23.4 Å². The van der Waals surface area contributed by atoms with Crippen molar-refractivity contribution in [2.75, 3.05) is 31.6 Å². The van der Waals surface area contributed by atoms with Gasteiger partial charge in [0.2, 0.25) is 0 Å². The number of ether oxygens (including phenoxy) is 1. The van der Waals surface area contributed by atoms with Gasteiger partial charge in [-0.15, -0.1) is 11.3 Å². The molecule has 152 valence electrons. The number of hydrogen-bond acceptors (Lipinski definition) is 7. The predicted octanol–water partition coefficient (Wildman–Crippen LogP) is 4.64. The molecule has 1 aliphatic heterocycles. The minimum absolute atomic E-state index is 0.217. The molecule has 3 heterocycles. The predicted molar refractivity (Wildman–Crippen MR) is 120 cm³/mol. The summed E-state index contributed by atoms with van der Waals surface area (Å²) in [4.78, 5) is 12.5. The summed E-state index contributed by atoms with van der Waals surface area (Å²) in [5.74, 6) is 0.959. The van der Waals surface area contributed by atoms with Crippen molar-refractivity contribution in [3.05, 3.63) is 66.5 Å². The molecule has 2 aromatic heterocycles. The van der Waals surface area contributed by atoms with Crippen LogP contribution in [0.5, 0.6) is 5.75 Å². The number of aromatic nitrogens is 2. The van der Waals surface area contributed by atoms with Crippen LogP contribution in [0.1, 0.15) is 5.56 Å². The van der Waals surface area contributed by atoms with Crippen LogP contribution in [0.4, 0.5) is 11.5 Å². The molecule has 0 spiro atoms. The summed E-state index contributed by atoms with van der Waals surface area (Å²) in [5.41, 5.74) is 4.19. The third kappa shape index (κ3) is 4.14. The van der Waals surface area contributed by atoms with Crippen LogP contribution >= 0.6 is 11.3 Å².